The van der Waals surface area contributed by atoms with E-state index in [4.69, 9.17) is 28.6 Å². The number of hydrogen-bond acceptors (Lipinski definition) is 3. The topological polar surface area (TPSA) is 42.8 Å². The Labute approximate surface area is 116 Å². The van der Waals surface area contributed by atoms with Crippen LogP contribution < -0.4 is 4.74 Å². The molecular formula is C12H14ClN3OS. The van der Waals surface area contributed by atoms with Gasteiger partial charge in [-0.3, -0.25) is 5.10 Å². The molecule has 1 unspecified atom stereocenters. The van der Waals surface area contributed by atoms with Crippen LogP contribution in [0, 0.1) is 4.77 Å². The minimum atomic E-state index is -0.181. The number of aromatic nitrogens is 3. The molecule has 2 rings (SSSR count). The van der Waals surface area contributed by atoms with E-state index in [-0.39, 0.29) is 6.10 Å². The average molecular weight is 284 g/mol. The van der Waals surface area contributed by atoms with Gasteiger partial charge in [-0.2, -0.15) is 5.10 Å². The Bertz CT molecular complexity index is 576. The van der Waals surface area contributed by atoms with E-state index >= 15 is 0 Å². The Hall–Kier alpha value is -1.33. The summed E-state index contributed by atoms with van der Waals surface area (Å²) in [5, 5.41) is 7.66. The highest BCUT2D eigenvalue weighted by Gasteiger charge is 2.14. The van der Waals surface area contributed by atoms with Crippen molar-refractivity contribution in [1.29, 1.82) is 0 Å². The van der Waals surface area contributed by atoms with E-state index in [2.05, 4.69) is 10.2 Å². The zero-order chi connectivity index (χ0) is 13.1. The predicted molar refractivity (Wildman–Crippen MR) is 73.6 cm³/mol. The molecule has 0 aliphatic rings. The summed E-state index contributed by atoms with van der Waals surface area (Å²) in [4.78, 5) is 0. The Morgan fingerprint density at radius 2 is 2.11 bits per heavy atom. The summed E-state index contributed by atoms with van der Waals surface area (Å²) in [6.45, 7) is 4.72. The molecule has 1 atom stereocenters. The fraction of sp³-hybridized carbons (Fsp3) is 0.333. The van der Waals surface area contributed by atoms with E-state index in [9.17, 15) is 0 Å². The average Bonchev–Trinajstić information content (AvgIpc) is 2.73. The number of hydrogen-bond donors (Lipinski definition) is 1. The van der Waals surface area contributed by atoms with Crippen molar-refractivity contribution in [3.63, 3.8) is 0 Å². The van der Waals surface area contributed by atoms with Crippen molar-refractivity contribution in [2.45, 2.75) is 26.5 Å². The second kappa shape index (κ2) is 5.54. The lowest BCUT2D eigenvalue weighted by Gasteiger charge is -2.14. The van der Waals surface area contributed by atoms with Gasteiger partial charge in [0.05, 0.1) is 0 Å². The molecule has 1 N–H and O–H groups in total. The monoisotopic (exact) mass is 283 g/mol. The smallest absolute Gasteiger partial charge is 0.195 e. The van der Waals surface area contributed by atoms with Crippen LogP contribution in [-0.2, 0) is 6.54 Å². The highest BCUT2D eigenvalue weighted by molar-refractivity contribution is 7.71. The summed E-state index contributed by atoms with van der Waals surface area (Å²) in [6.07, 6.45) is -0.181. The second-order valence-electron chi connectivity index (χ2n) is 3.85. The van der Waals surface area contributed by atoms with Gasteiger partial charge in [-0.25, -0.2) is 0 Å². The maximum absolute atomic E-state index is 5.83. The maximum atomic E-state index is 5.83. The molecule has 2 aromatic rings. The highest BCUT2D eigenvalue weighted by Crippen LogP contribution is 2.22. The molecule has 0 spiro atoms. The fourth-order valence-corrected chi connectivity index (χ4v) is 2.11. The fourth-order valence-electron chi connectivity index (χ4n) is 1.72. The summed E-state index contributed by atoms with van der Waals surface area (Å²) in [5.74, 6) is 1.54. The van der Waals surface area contributed by atoms with Crippen LogP contribution in [0.1, 0.15) is 25.8 Å². The molecule has 0 saturated heterocycles. The van der Waals surface area contributed by atoms with Gasteiger partial charge in [0.2, 0.25) is 0 Å². The van der Waals surface area contributed by atoms with Gasteiger partial charge in [0.25, 0.3) is 0 Å². The van der Waals surface area contributed by atoms with E-state index in [0.29, 0.717) is 9.79 Å². The first-order valence-corrected chi connectivity index (χ1v) is 6.47. The molecule has 0 radical (unpaired) electrons. The van der Waals surface area contributed by atoms with Crippen molar-refractivity contribution in [2.24, 2.45) is 0 Å². The number of aromatic amines is 1. The quantitative estimate of drug-likeness (QED) is 0.869. The van der Waals surface area contributed by atoms with Gasteiger partial charge in [0.1, 0.15) is 5.75 Å². The third-order valence-electron chi connectivity index (χ3n) is 2.59. The van der Waals surface area contributed by atoms with Crippen LogP contribution in [0.25, 0.3) is 0 Å². The third-order valence-corrected chi connectivity index (χ3v) is 3.16. The van der Waals surface area contributed by atoms with E-state index in [1.54, 1.807) is 12.1 Å². The third kappa shape index (κ3) is 2.73. The summed E-state index contributed by atoms with van der Waals surface area (Å²) < 4.78 is 8.33. The standard InChI is InChI=1S/C12H14ClN3OS/c1-3-16-11(14-15-12(16)18)8(2)17-10-6-4-9(13)5-7-10/h4-8H,3H2,1-2H3,(H,15,18). The summed E-state index contributed by atoms with van der Waals surface area (Å²) in [5.41, 5.74) is 0. The van der Waals surface area contributed by atoms with Crippen molar-refractivity contribution < 1.29 is 4.74 Å². The first kappa shape index (κ1) is 13.1. The summed E-state index contributed by atoms with van der Waals surface area (Å²) in [6, 6.07) is 7.24. The number of H-pyrrole nitrogens is 1. The van der Waals surface area contributed by atoms with Gasteiger partial charge >= 0.3 is 0 Å². The predicted octanol–water partition coefficient (Wildman–Crippen LogP) is 3.75. The van der Waals surface area contributed by atoms with Crippen LogP contribution in [0.15, 0.2) is 24.3 Å². The highest BCUT2D eigenvalue weighted by atomic mass is 35.5. The minimum Gasteiger partial charge on any atom is -0.483 e. The van der Waals surface area contributed by atoms with Crippen LogP contribution in [0.4, 0.5) is 0 Å². The van der Waals surface area contributed by atoms with Crippen LogP contribution in [-0.4, -0.2) is 14.8 Å². The molecule has 18 heavy (non-hydrogen) atoms. The van der Waals surface area contributed by atoms with E-state index < -0.39 is 0 Å². The Balaban J connectivity index is 2.19. The molecular weight excluding hydrogens is 270 g/mol. The van der Waals surface area contributed by atoms with Gasteiger partial charge in [-0.1, -0.05) is 11.6 Å². The SMILES string of the molecule is CCn1c(C(C)Oc2ccc(Cl)cc2)n[nH]c1=S. The van der Waals surface area contributed by atoms with E-state index in [1.165, 1.54) is 0 Å². The van der Waals surface area contributed by atoms with E-state index in [0.717, 1.165) is 18.1 Å². The molecule has 1 heterocycles. The van der Waals surface area contributed by atoms with Crippen molar-refractivity contribution in [2.75, 3.05) is 0 Å². The molecule has 1 aromatic carbocycles. The van der Waals surface area contributed by atoms with Gasteiger partial charge in [0.15, 0.2) is 16.7 Å². The van der Waals surface area contributed by atoms with Crippen molar-refractivity contribution in [3.8, 4) is 5.75 Å². The summed E-state index contributed by atoms with van der Waals surface area (Å²) >= 11 is 11.0. The molecule has 0 aliphatic carbocycles. The zero-order valence-corrected chi connectivity index (χ0v) is 11.8. The van der Waals surface area contributed by atoms with Gasteiger partial charge in [-0.15, -0.1) is 0 Å². The number of nitrogens with one attached hydrogen (secondary N) is 1. The van der Waals surface area contributed by atoms with Crippen molar-refractivity contribution in [3.05, 3.63) is 39.9 Å². The van der Waals surface area contributed by atoms with Crippen molar-refractivity contribution in [1.82, 2.24) is 14.8 Å². The number of nitrogens with zero attached hydrogens (tertiary/aromatic N) is 2. The van der Waals surface area contributed by atoms with Crippen molar-refractivity contribution >= 4 is 23.8 Å². The normalized spacial score (nSPS) is 12.4. The maximum Gasteiger partial charge on any atom is 0.195 e. The van der Waals surface area contributed by atoms with Gasteiger partial charge in [-0.05, 0) is 50.3 Å². The van der Waals surface area contributed by atoms with Crippen LogP contribution in [0.2, 0.25) is 5.02 Å². The number of halogens is 1. The molecule has 0 saturated carbocycles. The molecule has 1 aromatic heterocycles. The molecule has 6 heteroatoms. The Morgan fingerprint density at radius 1 is 1.44 bits per heavy atom. The molecule has 0 bridgehead atoms. The number of ether oxygens (including phenoxy) is 1. The lowest BCUT2D eigenvalue weighted by Crippen LogP contribution is -2.11. The molecule has 96 valence electrons. The second-order valence-corrected chi connectivity index (χ2v) is 4.67. The number of benzene rings is 1. The lowest BCUT2D eigenvalue weighted by atomic mass is 10.3. The molecule has 0 aliphatic heterocycles. The first-order chi connectivity index (χ1) is 8.61. The molecule has 4 nitrogen and oxygen atoms in total. The van der Waals surface area contributed by atoms with Crippen LogP contribution >= 0.6 is 23.8 Å². The van der Waals surface area contributed by atoms with Gasteiger partial charge < -0.3 is 9.30 Å². The lowest BCUT2D eigenvalue weighted by molar-refractivity contribution is 0.210. The molecule has 0 amide bonds. The van der Waals surface area contributed by atoms with E-state index in [1.807, 2.05) is 30.5 Å². The van der Waals surface area contributed by atoms with Crippen LogP contribution in [0.5, 0.6) is 5.75 Å². The minimum absolute atomic E-state index is 0.181. The van der Waals surface area contributed by atoms with Gasteiger partial charge in [0, 0.05) is 11.6 Å². The number of rotatable bonds is 4. The first-order valence-electron chi connectivity index (χ1n) is 5.69. The Kier molecular flexibility index (Phi) is 4.04. The Morgan fingerprint density at radius 3 is 2.72 bits per heavy atom. The largest absolute Gasteiger partial charge is 0.483 e. The van der Waals surface area contributed by atoms with Crippen LogP contribution in [0.3, 0.4) is 0 Å². The summed E-state index contributed by atoms with van der Waals surface area (Å²) in [7, 11) is 0. The molecule has 0 fully saturated rings. The zero-order valence-electron chi connectivity index (χ0n) is 10.2.